The van der Waals surface area contributed by atoms with Crippen molar-refractivity contribution in [1.82, 2.24) is 5.32 Å². The highest BCUT2D eigenvalue weighted by Gasteiger charge is 2.48. The van der Waals surface area contributed by atoms with E-state index < -0.39 is 0 Å². The Morgan fingerprint density at radius 2 is 2.06 bits per heavy atom. The van der Waals surface area contributed by atoms with E-state index in [2.05, 4.69) is 12.2 Å². The molecule has 0 aliphatic heterocycles. The largest absolute Gasteiger partial charge is 0.310 e. The zero-order valence-electron chi connectivity index (χ0n) is 10.6. The van der Waals surface area contributed by atoms with Gasteiger partial charge in [-0.25, -0.2) is 4.39 Å². The van der Waals surface area contributed by atoms with Crippen LogP contribution in [0.25, 0.3) is 0 Å². The van der Waals surface area contributed by atoms with E-state index in [1.54, 1.807) is 12.1 Å². The van der Waals surface area contributed by atoms with E-state index in [9.17, 15) is 4.39 Å². The van der Waals surface area contributed by atoms with E-state index in [1.807, 2.05) is 0 Å². The second kappa shape index (κ2) is 4.82. The zero-order valence-corrected chi connectivity index (χ0v) is 11.4. The van der Waals surface area contributed by atoms with Crippen LogP contribution in [0, 0.1) is 23.6 Å². The fourth-order valence-electron chi connectivity index (χ4n) is 3.54. The lowest BCUT2D eigenvalue weighted by atomic mass is 9.89. The first-order valence-corrected chi connectivity index (χ1v) is 7.25. The van der Waals surface area contributed by atoms with Crippen LogP contribution in [0.2, 0.25) is 5.02 Å². The Morgan fingerprint density at radius 1 is 1.33 bits per heavy atom. The number of rotatable bonds is 4. The Balaban J connectivity index is 1.85. The second-order valence-corrected chi connectivity index (χ2v) is 6.10. The van der Waals surface area contributed by atoms with Gasteiger partial charge in [-0.05, 0) is 67.3 Å². The van der Waals surface area contributed by atoms with Gasteiger partial charge in [0.2, 0.25) is 0 Å². The lowest BCUT2D eigenvalue weighted by Gasteiger charge is -2.27. The molecule has 2 fully saturated rings. The van der Waals surface area contributed by atoms with Gasteiger partial charge in [0.1, 0.15) is 5.82 Å². The van der Waals surface area contributed by atoms with Crippen LogP contribution in [-0.2, 0) is 0 Å². The molecule has 1 aromatic carbocycles. The number of nitrogens with one attached hydrogen (secondary N) is 1. The molecule has 98 valence electrons. The van der Waals surface area contributed by atoms with Gasteiger partial charge in [0.15, 0.2) is 0 Å². The average Bonchev–Trinajstić information content (AvgIpc) is 2.97. The predicted molar refractivity (Wildman–Crippen MR) is 72.1 cm³/mol. The second-order valence-electron chi connectivity index (χ2n) is 5.69. The molecule has 0 heterocycles. The van der Waals surface area contributed by atoms with Crippen LogP contribution in [0.3, 0.4) is 0 Å². The standard InChI is InChI=1S/C15H19ClFN/c1-2-18-15(11-6-9-5-10(9)7-11)13-8-12(17)3-4-14(13)16/h3-4,8-11,15,18H,2,5-7H2,1H3. The minimum Gasteiger partial charge on any atom is -0.310 e. The third kappa shape index (κ3) is 2.28. The number of halogens is 2. The van der Waals surface area contributed by atoms with Gasteiger partial charge in [-0.15, -0.1) is 0 Å². The SMILES string of the molecule is CCNC(c1cc(F)ccc1Cl)C1CC2CC2C1. The fourth-order valence-corrected chi connectivity index (χ4v) is 3.77. The smallest absolute Gasteiger partial charge is 0.123 e. The molecule has 0 amide bonds. The topological polar surface area (TPSA) is 12.0 Å². The van der Waals surface area contributed by atoms with Crippen molar-refractivity contribution >= 4 is 11.6 Å². The summed E-state index contributed by atoms with van der Waals surface area (Å²) in [6, 6.07) is 4.92. The van der Waals surface area contributed by atoms with E-state index in [-0.39, 0.29) is 11.9 Å². The molecular weight excluding hydrogens is 249 g/mol. The number of hydrogen-bond donors (Lipinski definition) is 1. The zero-order chi connectivity index (χ0) is 12.7. The Kier molecular flexibility index (Phi) is 3.33. The highest BCUT2D eigenvalue weighted by molar-refractivity contribution is 6.31. The number of benzene rings is 1. The third-order valence-corrected chi connectivity index (χ3v) is 4.81. The van der Waals surface area contributed by atoms with E-state index in [0.29, 0.717) is 10.9 Å². The molecule has 1 nitrogen and oxygen atoms in total. The molecule has 1 aromatic rings. The molecular formula is C15H19ClFN. The van der Waals surface area contributed by atoms with Gasteiger partial charge in [0.05, 0.1) is 0 Å². The summed E-state index contributed by atoms with van der Waals surface area (Å²) in [6.07, 6.45) is 3.95. The van der Waals surface area contributed by atoms with Gasteiger partial charge in [-0.1, -0.05) is 18.5 Å². The monoisotopic (exact) mass is 267 g/mol. The normalized spacial score (nSPS) is 31.2. The minimum absolute atomic E-state index is 0.194. The summed E-state index contributed by atoms with van der Waals surface area (Å²) < 4.78 is 13.4. The molecule has 0 radical (unpaired) electrons. The van der Waals surface area contributed by atoms with Gasteiger partial charge >= 0.3 is 0 Å². The summed E-state index contributed by atoms with van der Waals surface area (Å²) in [5.41, 5.74) is 0.935. The first-order valence-electron chi connectivity index (χ1n) is 6.87. The maximum absolute atomic E-state index is 13.4. The first-order chi connectivity index (χ1) is 8.69. The van der Waals surface area contributed by atoms with Crippen molar-refractivity contribution in [2.75, 3.05) is 6.54 Å². The summed E-state index contributed by atoms with van der Waals surface area (Å²) in [5.74, 6) is 2.29. The van der Waals surface area contributed by atoms with Crippen molar-refractivity contribution in [2.24, 2.45) is 17.8 Å². The Bertz CT molecular complexity index is 438. The molecule has 0 aromatic heterocycles. The molecule has 1 N–H and O–H groups in total. The van der Waals surface area contributed by atoms with Crippen molar-refractivity contribution in [1.29, 1.82) is 0 Å². The van der Waals surface area contributed by atoms with Gasteiger partial charge in [-0.3, -0.25) is 0 Å². The van der Waals surface area contributed by atoms with E-state index in [1.165, 1.54) is 25.3 Å². The summed E-state index contributed by atoms with van der Waals surface area (Å²) in [5, 5.41) is 4.18. The average molecular weight is 268 g/mol. The van der Waals surface area contributed by atoms with Gasteiger partial charge in [-0.2, -0.15) is 0 Å². The van der Waals surface area contributed by atoms with E-state index >= 15 is 0 Å². The maximum Gasteiger partial charge on any atom is 0.123 e. The van der Waals surface area contributed by atoms with Crippen LogP contribution in [0.1, 0.15) is 37.8 Å². The van der Waals surface area contributed by atoms with Crippen molar-refractivity contribution in [3.05, 3.63) is 34.6 Å². The maximum atomic E-state index is 13.4. The molecule has 2 saturated carbocycles. The number of hydrogen-bond acceptors (Lipinski definition) is 1. The molecule has 3 unspecified atom stereocenters. The van der Waals surface area contributed by atoms with Gasteiger partial charge < -0.3 is 5.32 Å². The van der Waals surface area contributed by atoms with Crippen molar-refractivity contribution < 1.29 is 4.39 Å². The lowest BCUT2D eigenvalue weighted by molar-refractivity contribution is 0.346. The molecule has 18 heavy (non-hydrogen) atoms. The van der Waals surface area contributed by atoms with E-state index in [4.69, 9.17) is 11.6 Å². The first kappa shape index (κ1) is 12.4. The highest BCUT2D eigenvalue weighted by atomic mass is 35.5. The molecule has 0 saturated heterocycles. The van der Waals surface area contributed by atoms with Crippen LogP contribution in [0.4, 0.5) is 4.39 Å². The Hall–Kier alpha value is -0.600. The summed E-state index contributed by atoms with van der Waals surface area (Å²) >= 11 is 6.25. The summed E-state index contributed by atoms with van der Waals surface area (Å²) in [4.78, 5) is 0. The lowest BCUT2D eigenvalue weighted by Crippen LogP contribution is -2.28. The van der Waals surface area contributed by atoms with Crippen LogP contribution in [0.15, 0.2) is 18.2 Å². The summed E-state index contributed by atoms with van der Waals surface area (Å²) in [6.45, 7) is 2.99. The molecule has 0 bridgehead atoms. The molecule has 2 aliphatic rings. The third-order valence-electron chi connectivity index (χ3n) is 4.47. The predicted octanol–water partition coefficient (Wildman–Crippen LogP) is 4.18. The molecule has 3 atom stereocenters. The van der Waals surface area contributed by atoms with Crippen LogP contribution in [-0.4, -0.2) is 6.54 Å². The van der Waals surface area contributed by atoms with Crippen molar-refractivity contribution in [2.45, 2.75) is 32.2 Å². The molecule has 2 aliphatic carbocycles. The van der Waals surface area contributed by atoms with Crippen LogP contribution in [0.5, 0.6) is 0 Å². The molecule has 3 heteroatoms. The quantitative estimate of drug-likeness (QED) is 0.863. The van der Waals surface area contributed by atoms with E-state index in [0.717, 1.165) is 23.9 Å². The molecule has 0 spiro atoms. The summed E-state index contributed by atoms with van der Waals surface area (Å²) in [7, 11) is 0. The fraction of sp³-hybridized carbons (Fsp3) is 0.600. The minimum atomic E-state index is -0.194. The van der Waals surface area contributed by atoms with Gasteiger partial charge in [0.25, 0.3) is 0 Å². The van der Waals surface area contributed by atoms with Crippen molar-refractivity contribution in [3.8, 4) is 0 Å². The van der Waals surface area contributed by atoms with Crippen LogP contribution < -0.4 is 5.32 Å². The Morgan fingerprint density at radius 3 is 2.72 bits per heavy atom. The van der Waals surface area contributed by atoms with Crippen molar-refractivity contribution in [3.63, 3.8) is 0 Å². The molecule has 3 rings (SSSR count). The highest BCUT2D eigenvalue weighted by Crippen LogP contribution is 2.57. The number of fused-ring (bicyclic) bond motifs is 1. The van der Waals surface area contributed by atoms with Crippen LogP contribution >= 0.6 is 11.6 Å². The van der Waals surface area contributed by atoms with Gasteiger partial charge in [0, 0.05) is 11.1 Å². The Labute approximate surface area is 113 Å².